The second-order valence-electron chi connectivity index (χ2n) is 23.4. The molecule has 0 aliphatic carbocycles. The van der Waals surface area contributed by atoms with E-state index in [2.05, 4.69) is 67.7 Å². The maximum Gasteiger partial charge on any atom is 1.00 e. The van der Waals surface area contributed by atoms with E-state index in [-0.39, 0.29) is 56.4 Å². The summed E-state index contributed by atoms with van der Waals surface area (Å²) in [6.45, 7) is 10.1. The van der Waals surface area contributed by atoms with Crippen molar-refractivity contribution in [2.45, 2.75) is 34.1 Å². The minimum Gasteiger partial charge on any atom is -1.00 e. The Balaban J connectivity index is 0.000000290. The molecule has 3 radical (unpaired) electrons. The van der Waals surface area contributed by atoms with Crippen molar-refractivity contribution in [3.63, 3.8) is 0 Å². The van der Waals surface area contributed by atoms with Crippen molar-refractivity contribution < 1.29 is 111 Å². The van der Waals surface area contributed by atoms with Crippen LogP contribution < -0.4 is 76.9 Å². The normalized spacial score (nSPS) is 11.2. The van der Waals surface area contributed by atoms with Crippen LogP contribution >= 0.6 is 22.6 Å². The van der Waals surface area contributed by atoms with Crippen LogP contribution in [-0.2, 0) is 14.1 Å². The smallest absolute Gasteiger partial charge is 1.00 e. The van der Waals surface area contributed by atoms with Crippen LogP contribution in [-0.4, -0.2) is 67.0 Å². The third-order valence-corrected chi connectivity index (χ3v) is 16.1. The molecule has 104 heavy (non-hydrogen) atoms. The second kappa shape index (κ2) is 40.5. The minimum absolute atomic E-state index is 0. The number of carbonyl (C=O) groups excluding carboxylic acids is 4. The number of anilines is 4. The number of hydrogen-bond acceptors (Lipinski definition) is 6. The SMILES string of the molecule is CC1=C(c2ccc(NC(=O)c3c(F)cccc3F)cc2)CN(C)CC1.CI.Cc1cc[n+](C)cc1-c1ccc(NC(=O)c2c(F)cccc2F)cc1.Cc1cc[n+](C)cc1-c1ccc(NC(=O)c2c(F)cccc2F)cc1.Cc1ccncc1-c1ccc(NC(=O)c2c(F)cccc2F)cc1.[B].[Br-].[H-].[Na+]. The molecule has 0 saturated carbocycles. The molecule has 1 aliphatic rings. The van der Waals surface area contributed by atoms with Crippen LogP contribution in [0.3, 0.4) is 0 Å². The van der Waals surface area contributed by atoms with Crippen LogP contribution in [0.2, 0.25) is 0 Å². The number of benzene rings is 8. The van der Waals surface area contributed by atoms with E-state index < -0.39 is 92.4 Å². The number of halogens is 10. The Hall–Kier alpha value is -9.50. The van der Waals surface area contributed by atoms with Gasteiger partial charge in [-0.3, -0.25) is 24.2 Å². The summed E-state index contributed by atoms with van der Waals surface area (Å²) in [6.07, 6.45) is 12.5. The summed E-state index contributed by atoms with van der Waals surface area (Å²) in [5, 5.41) is 10.1. The predicted octanol–water partition coefficient (Wildman–Crippen LogP) is 11.7. The number of aryl methyl sites for hydroxylation is 5. The number of carbonyl (C=O) groups is 4. The molecule has 529 valence electrons. The van der Waals surface area contributed by atoms with Gasteiger partial charge in [0.15, 0.2) is 24.8 Å². The van der Waals surface area contributed by atoms with Gasteiger partial charge in [-0.15, -0.1) is 0 Å². The zero-order valence-electron chi connectivity index (χ0n) is 59.3. The van der Waals surface area contributed by atoms with Gasteiger partial charge in [0.1, 0.15) is 82.9 Å². The summed E-state index contributed by atoms with van der Waals surface area (Å²) in [6, 6.07) is 47.9. The van der Waals surface area contributed by atoms with Crippen LogP contribution in [0.25, 0.3) is 39.0 Å². The molecule has 4 amide bonds. The van der Waals surface area contributed by atoms with E-state index in [9.17, 15) is 54.3 Å². The molecule has 11 aromatic rings. The molecule has 3 aromatic heterocycles. The molecule has 0 saturated heterocycles. The Kier molecular flexibility index (Phi) is 33.2. The van der Waals surface area contributed by atoms with Gasteiger partial charge in [-0.1, -0.05) is 101 Å². The fourth-order valence-electron chi connectivity index (χ4n) is 10.6. The van der Waals surface area contributed by atoms with Gasteiger partial charge in [-0.25, -0.2) is 44.3 Å². The Morgan fingerprint density at radius 2 is 0.692 bits per heavy atom. The van der Waals surface area contributed by atoms with Crippen LogP contribution in [0.1, 0.15) is 78.5 Å². The van der Waals surface area contributed by atoms with Crippen molar-refractivity contribution in [1.29, 1.82) is 0 Å². The van der Waals surface area contributed by atoms with E-state index in [1.165, 1.54) is 35.4 Å². The number of aromatic nitrogens is 3. The Bertz CT molecular complexity index is 4610. The molecular weight excluding hydrogens is 1530 g/mol. The zero-order chi connectivity index (χ0) is 73.0. The molecule has 12 nitrogen and oxygen atoms in total. The quantitative estimate of drug-likeness (QED) is 0.0316. The average molecular weight is 1600 g/mol. The minimum atomic E-state index is -0.893. The molecule has 12 rings (SSSR count). The van der Waals surface area contributed by atoms with Crippen molar-refractivity contribution in [3.05, 3.63) is 322 Å². The fourth-order valence-corrected chi connectivity index (χ4v) is 10.6. The Morgan fingerprint density at radius 3 is 0.981 bits per heavy atom. The summed E-state index contributed by atoms with van der Waals surface area (Å²) in [4.78, 5) is 56.8. The number of pyridine rings is 3. The van der Waals surface area contributed by atoms with E-state index in [4.69, 9.17) is 0 Å². The molecule has 0 atom stereocenters. The molecular formula is C80H72BBrF8IN8NaO4+. The van der Waals surface area contributed by atoms with Crippen molar-refractivity contribution in [2.24, 2.45) is 14.1 Å². The maximum absolute atomic E-state index is 13.7. The summed E-state index contributed by atoms with van der Waals surface area (Å²) in [7, 11) is 5.98. The molecule has 24 heteroatoms. The van der Waals surface area contributed by atoms with Crippen LogP contribution in [0.4, 0.5) is 57.9 Å². The van der Waals surface area contributed by atoms with E-state index in [0.29, 0.717) is 22.7 Å². The second-order valence-corrected chi connectivity index (χ2v) is 23.4. The van der Waals surface area contributed by atoms with Crippen molar-refractivity contribution >= 4 is 83.0 Å². The molecule has 4 N–H and O–H groups in total. The number of amides is 4. The van der Waals surface area contributed by atoms with E-state index in [1.807, 2.05) is 140 Å². The number of hydrogen-bond donors (Lipinski definition) is 4. The number of likely N-dealkylation sites (N-methyl/N-ethyl adjacent to an activating group) is 1. The first-order valence-corrected chi connectivity index (χ1v) is 33.6. The number of nitrogens with zero attached hydrogens (tertiary/aromatic N) is 4. The largest absolute Gasteiger partial charge is 1.00 e. The van der Waals surface area contributed by atoms with Gasteiger partial charge < -0.3 is 44.6 Å². The summed E-state index contributed by atoms with van der Waals surface area (Å²) in [5.41, 5.74) is 12.7. The van der Waals surface area contributed by atoms with Crippen LogP contribution in [0.15, 0.2) is 231 Å². The van der Waals surface area contributed by atoms with Crippen molar-refractivity contribution in [2.75, 3.05) is 46.3 Å². The van der Waals surface area contributed by atoms with Gasteiger partial charge in [-0.05, 0) is 194 Å². The molecule has 0 bridgehead atoms. The van der Waals surface area contributed by atoms with Crippen molar-refractivity contribution in [3.8, 4) is 33.4 Å². The van der Waals surface area contributed by atoms with Gasteiger partial charge in [0.05, 0.1) is 0 Å². The predicted molar refractivity (Wildman–Crippen MR) is 395 cm³/mol. The first-order chi connectivity index (χ1) is 48.4. The monoisotopic (exact) mass is 1600 g/mol. The van der Waals surface area contributed by atoms with Gasteiger partial charge in [0.2, 0.25) is 0 Å². The zero-order valence-corrected chi connectivity index (χ0v) is 64.0. The van der Waals surface area contributed by atoms with Gasteiger partial charge in [0, 0.05) is 85.5 Å². The molecule has 0 spiro atoms. The summed E-state index contributed by atoms with van der Waals surface area (Å²) in [5.74, 6) is -10.3. The van der Waals surface area contributed by atoms with Gasteiger partial charge in [0.25, 0.3) is 23.6 Å². The summed E-state index contributed by atoms with van der Waals surface area (Å²) < 4.78 is 113. The standard InChI is InChI=1S/C20H20F2N2O.2C20H16F2N2O.C19H14F2N2O.CH3I.B.BrH.Na.H/c3*1-13-10-11-24(2)12-16(13)14-6-8-15(9-7-14)23-20(25)19-17(21)4-3-5-18(19)22;1-12-9-10-22-11-15(12)13-5-7-14(8-6-13)23-19(24)18-16(20)3-2-4-17(18)21;1-2;;;;/h3-9H,10-12H2,1-2H3,(H,23,25);2*3-12H,1-2H3;2-11H,1H3,(H,23,24);1H3;;1H;;/q;;;;;;;+1;-1/p+1. The van der Waals surface area contributed by atoms with E-state index in [0.717, 1.165) is 124 Å². The molecule has 1 aliphatic heterocycles. The van der Waals surface area contributed by atoms with Crippen LogP contribution in [0.5, 0.6) is 0 Å². The third kappa shape index (κ3) is 22.8. The topological polar surface area (TPSA) is 140 Å². The fraction of sp³-hybridized carbons (Fsp3) is 0.138. The van der Waals surface area contributed by atoms with Gasteiger partial charge in [-0.2, -0.15) is 0 Å². The summed E-state index contributed by atoms with van der Waals surface area (Å²) >= 11 is 2.15. The van der Waals surface area contributed by atoms with Crippen molar-refractivity contribution in [1.82, 2.24) is 9.88 Å². The maximum atomic E-state index is 13.7. The first-order valence-electron chi connectivity index (χ1n) is 31.4. The Morgan fingerprint density at radius 1 is 0.423 bits per heavy atom. The molecule has 0 fully saturated rings. The number of alkyl halides is 1. The van der Waals surface area contributed by atoms with E-state index >= 15 is 0 Å². The molecule has 8 aromatic carbocycles. The van der Waals surface area contributed by atoms with Crippen LogP contribution in [0, 0.1) is 67.3 Å². The average Bonchev–Trinajstić information content (AvgIpc) is 0.827. The number of rotatable bonds is 12. The third-order valence-electron chi connectivity index (χ3n) is 16.1. The van der Waals surface area contributed by atoms with Gasteiger partial charge >= 0.3 is 29.6 Å². The number of nitrogens with one attached hydrogen (secondary N) is 4. The molecule has 4 heterocycles. The Labute approximate surface area is 649 Å². The van der Waals surface area contributed by atoms with E-state index in [1.54, 1.807) is 60.9 Å². The first kappa shape index (κ1) is 85.2. The molecule has 0 unspecified atom stereocenters.